The van der Waals surface area contributed by atoms with Gasteiger partial charge in [0.15, 0.2) is 10.9 Å². The van der Waals surface area contributed by atoms with Gasteiger partial charge >= 0.3 is 12.3 Å². The normalized spacial score (nSPS) is 14.9. The zero-order valence-corrected chi connectivity index (χ0v) is 21.2. The van der Waals surface area contributed by atoms with Crippen LogP contribution in [0.15, 0.2) is 17.6 Å². The summed E-state index contributed by atoms with van der Waals surface area (Å²) >= 11 is 1.02. The summed E-state index contributed by atoms with van der Waals surface area (Å²) < 4.78 is 47.5. The van der Waals surface area contributed by atoms with Crippen LogP contribution >= 0.6 is 11.8 Å². The quantitative estimate of drug-likeness (QED) is 0.443. The van der Waals surface area contributed by atoms with E-state index in [1.54, 1.807) is 43.8 Å². The third-order valence-electron chi connectivity index (χ3n) is 5.28. The Labute approximate surface area is 206 Å². The van der Waals surface area contributed by atoms with E-state index in [1.165, 1.54) is 17.1 Å². The highest BCUT2D eigenvalue weighted by Crippen LogP contribution is 2.36. The van der Waals surface area contributed by atoms with Crippen molar-refractivity contribution in [1.82, 2.24) is 29.5 Å². The molecule has 9 nitrogen and oxygen atoms in total. The fourth-order valence-electron chi connectivity index (χ4n) is 3.64. The number of ether oxygens (including phenoxy) is 1. The van der Waals surface area contributed by atoms with Gasteiger partial charge < -0.3 is 14.5 Å². The molecule has 0 aromatic carbocycles. The largest absolute Gasteiger partial charge is 0.444 e. The summed E-state index contributed by atoms with van der Waals surface area (Å²) in [7, 11) is 0. The number of piperazine rings is 1. The third kappa shape index (κ3) is 6.65. The number of nitrogens with zero attached hydrogens (tertiary/aromatic N) is 6. The molecule has 0 atom stereocenters. The summed E-state index contributed by atoms with van der Waals surface area (Å²) in [5.74, 6) is -0.206. The molecule has 1 fully saturated rings. The number of rotatable bonds is 5. The van der Waals surface area contributed by atoms with Gasteiger partial charge in [0.2, 0.25) is 5.91 Å². The molecule has 2 amide bonds. The topological polar surface area (TPSA) is 93.5 Å². The van der Waals surface area contributed by atoms with Crippen LogP contribution in [-0.4, -0.2) is 79.6 Å². The number of amides is 2. The van der Waals surface area contributed by atoms with Crippen LogP contribution in [0.4, 0.5) is 18.0 Å². The lowest BCUT2D eigenvalue weighted by molar-refractivity contribution is -0.142. The predicted octanol–water partition coefficient (Wildman–Crippen LogP) is 3.72. The molecule has 0 aliphatic carbocycles. The Hall–Kier alpha value is -2.83. The number of hydrogen-bond acceptors (Lipinski definition) is 7. The van der Waals surface area contributed by atoms with Crippen LogP contribution in [0.2, 0.25) is 0 Å². The first-order chi connectivity index (χ1) is 16.3. The molecular formula is C22H29F3N6O3S. The number of hydrogen-bond donors (Lipinski definition) is 0. The Morgan fingerprint density at radius 1 is 1.09 bits per heavy atom. The number of thioether (sulfide) groups is 1. The molecule has 1 aliphatic heterocycles. The molecule has 1 saturated heterocycles. The van der Waals surface area contributed by atoms with Gasteiger partial charge in [0.25, 0.3) is 0 Å². The molecule has 0 bridgehead atoms. The first-order valence-electron chi connectivity index (χ1n) is 11.1. The van der Waals surface area contributed by atoms with Crippen LogP contribution in [0.25, 0.3) is 11.3 Å². The first-order valence-corrected chi connectivity index (χ1v) is 12.4. The van der Waals surface area contributed by atoms with Gasteiger partial charge in [-0.3, -0.25) is 9.48 Å². The molecule has 192 valence electrons. The minimum Gasteiger partial charge on any atom is -0.444 e. The van der Waals surface area contributed by atoms with Gasteiger partial charge in [0, 0.05) is 43.5 Å². The molecule has 0 radical (unpaired) electrons. The molecule has 0 saturated carbocycles. The highest BCUT2D eigenvalue weighted by molar-refractivity contribution is 7.98. The first kappa shape index (κ1) is 26.8. The molecule has 13 heteroatoms. The maximum absolute atomic E-state index is 13.6. The van der Waals surface area contributed by atoms with Gasteiger partial charge in [-0.15, -0.1) is 0 Å². The van der Waals surface area contributed by atoms with Crippen LogP contribution < -0.4 is 0 Å². The summed E-state index contributed by atoms with van der Waals surface area (Å²) in [5, 5.41) is 4.18. The number of alkyl halides is 3. The van der Waals surface area contributed by atoms with Gasteiger partial charge in [0.05, 0.1) is 11.9 Å². The molecule has 0 unspecified atom stereocenters. The average Bonchev–Trinajstić information content (AvgIpc) is 3.24. The lowest BCUT2D eigenvalue weighted by Gasteiger charge is -2.35. The van der Waals surface area contributed by atoms with Crippen molar-refractivity contribution in [2.24, 2.45) is 0 Å². The van der Waals surface area contributed by atoms with E-state index in [-0.39, 0.29) is 35.3 Å². The highest BCUT2D eigenvalue weighted by Gasteiger charge is 2.37. The van der Waals surface area contributed by atoms with Crippen molar-refractivity contribution in [2.45, 2.75) is 57.6 Å². The molecule has 3 heterocycles. The number of halogens is 3. The van der Waals surface area contributed by atoms with E-state index in [4.69, 9.17) is 4.74 Å². The Morgan fingerprint density at radius 3 is 2.26 bits per heavy atom. The lowest BCUT2D eigenvalue weighted by Crippen LogP contribution is -2.52. The minimum absolute atomic E-state index is 0.0104. The number of carbonyl (C=O) groups excluding carboxylic acids is 2. The second-order valence-electron chi connectivity index (χ2n) is 9.01. The molecule has 2 aromatic heterocycles. The van der Waals surface area contributed by atoms with E-state index in [0.29, 0.717) is 31.7 Å². The van der Waals surface area contributed by atoms with E-state index < -0.39 is 23.6 Å². The third-order valence-corrected chi connectivity index (χ3v) is 5.83. The Morgan fingerprint density at radius 2 is 1.71 bits per heavy atom. The van der Waals surface area contributed by atoms with Crippen molar-refractivity contribution < 1.29 is 27.5 Å². The average molecular weight is 515 g/mol. The van der Waals surface area contributed by atoms with Crippen LogP contribution in [0.5, 0.6) is 0 Å². The fourth-order valence-corrected chi connectivity index (χ4v) is 4.00. The monoisotopic (exact) mass is 514 g/mol. The second kappa shape index (κ2) is 10.4. The summed E-state index contributed by atoms with van der Waals surface area (Å²) in [5.41, 5.74) is -1.03. The fraction of sp³-hybridized carbons (Fsp3) is 0.591. The van der Waals surface area contributed by atoms with Crippen LogP contribution in [0.1, 0.15) is 39.0 Å². The van der Waals surface area contributed by atoms with E-state index in [2.05, 4.69) is 15.1 Å². The van der Waals surface area contributed by atoms with Crippen molar-refractivity contribution in [3.63, 3.8) is 0 Å². The Bertz CT molecular complexity index is 1080. The van der Waals surface area contributed by atoms with Gasteiger partial charge in [-0.1, -0.05) is 18.7 Å². The van der Waals surface area contributed by atoms with Crippen LogP contribution in [0, 0.1) is 0 Å². The second-order valence-corrected chi connectivity index (χ2v) is 9.79. The molecule has 35 heavy (non-hydrogen) atoms. The predicted molar refractivity (Wildman–Crippen MR) is 124 cm³/mol. The number of carbonyl (C=O) groups is 2. The molecule has 3 rings (SSSR count). The Kier molecular flexibility index (Phi) is 7.97. The van der Waals surface area contributed by atoms with Crippen LogP contribution in [-0.2, 0) is 28.7 Å². The summed E-state index contributed by atoms with van der Waals surface area (Å²) in [6.45, 7) is 8.31. The lowest BCUT2D eigenvalue weighted by atomic mass is 10.0. The standard InChI is InChI=1S/C22H29F3N6O3S/c1-6-15-17(27-19(35-5)28-18(15)22(23,24)25)14-11-26-31(12-14)13-16(32)29-7-9-30(10-8-29)20(33)34-21(2,3)4/h11-12H,6-10,13H2,1-5H3. The summed E-state index contributed by atoms with van der Waals surface area (Å²) in [6, 6.07) is 0. The Balaban J connectivity index is 1.70. The summed E-state index contributed by atoms with van der Waals surface area (Å²) in [6.07, 6.45) is -0.415. The van der Waals surface area contributed by atoms with Crippen molar-refractivity contribution in [2.75, 3.05) is 32.4 Å². The van der Waals surface area contributed by atoms with Crippen molar-refractivity contribution in [1.29, 1.82) is 0 Å². The van der Waals surface area contributed by atoms with E-state index in [1.807, 2.05) is 0 Å². The van der Waals surface area contributed by atoms with Gasteiger partial charge in [0.1, 0.15) is 12.1 Å². The molecule has 1 aliphatic rings. The molecular weight excluding hydrogens is 485 g/mol. The van der Waals surface area contributed by atoms with Gasteiger partial charge in [-0.25, -0.2) is 14.8 Å². The SMILES string of the molecule is CCc1c(-c2cnn(CC(=O)N3CCN(C(=O)OC(C)(C)C)CC3)c2)nc(SC)nc1C(F)(F)F. The van der Waals surface area contributed by atoms with E-state index in [0.717, 1.165) is 11.8 Å². The molecule has 2 aromatic rings. The minimum atomic E-state index is -4.61. The maximum atomic E-state index is 13.6. The van der Waals surface area contributed by atoms with Crippen molar-refractivity contribution >= 4 is 23.8 Å². The zero-order chi connectivity index (χ0) is 26.0. The van der Waals surface area contributed by atoms with Crippen molar-refractivity contribution in [3.8, 4) is 11.3 Å². The smallest absolute Gasteiger partial charge is 0.433 e. The zero-order valence-electron chi connectivity index (χ0n) is 20.3. The maximum Gasteiger partial charge on any atom is 0.433 e. The van der Waals surface area contributed by atoms with E-state index >= 15 is 0 Å². The van der Waals surface area contributed by atoms with Gasteiger partial charge in [-0.2, -0.15) is 18.3 Å². The number of aromatic nitrogens is 4. The molecule has 0 spiro atoms. The highest BCUT2D eigenvalue weighted by atomic mass is 32.2. The molecule has 0 N–H and O–H groups in total. The van der Waals surface area contributed by atoms with Gasteiger partial charge in [-0.05, 0) is 33.4 Å². The summed E-state index contributed by atoms with van der Waals surface area (Å²) in [4.78, 5) is 36.1. The van der Waals surface area contributed by atoms with E-state index in [9.17, 15) is 22.8 Å². The van der Waals surface area contributed by atoms with Crippen LogP contribution in [0.3, 0.4) is 0 Å². The van der Waals surface area contributed by atoms with Crippen molar-refractivity contribution in [3.05, 3.63) is 23.7 Å².